The first-order valence-corrected chi connectivity index (χ1v) is 12.6. The number of hydrogen-bond acceptors (Lipinski definition) is 6. The topological polar surface area (TPSA) is 139 Å². The third kappa shape index (κ3) is 9.95. The molecule has 2 aromatic carbocycles. The van der Waals surface area contributed by atoms with E-state index in [1.54, 1.807) is 0 Å². The summed E-state index contributed by atoms with van der Waals surface area (Å²) in [6.45, 7) is 6.65. The molecule has 2 aliphatic heterocycles. The van der Waals surface area contributed by atoms with Crippen LogP contribution in [0.2, 0.25) is 0 Å². The molecule has 4 rings (SSSR count). The second kappa shape index (κ2) is 15.1. The van der Waals surface area contributed by atoms with Gasteiger partial charge < -0.3 is 26.0 Å². The number of nitrogens with one attached hydrogen (secondary N) is 2. The van der Waals surface area contributed by atoms with E-state index in [2.05, 4.69) is 27.7 Å². The van der Waals surface area contributed by atoms with Gasteiger partial charge in [0.2, 0.25) is 0 Å². The van der Waals surface area contributed by atoms with Crippen LogP contribution in [0.5, 0.6) is 0 Å². The van der Waals surface area contributed by atoms with Crippen molar-refractivity contribution >= 4 is 17.8 Å². The number of rotatable bonds is 5. The van der Waals surface area contributed by atoms with Crippen LogP contribution < -0.4 is 10.6 Å². The Morgan fingerprint density at radius 3 is 2.05 bits per heavy atom. The van der Waals surface area contributed by atoms with Crippen molar-refractivity contribution in [3.05, 3.63) is 71.3 Å². The van der Waals surface area contributed by atoms with Gasteiger partial charge in [0.05, 0.1) is 11.6 Å². The average molecular weight is 514 g/mol. The van der Waals surface area contributed by atoms with Crippen LogP contribution in [-0.4, -0.2) is 70.3 Å². The number of aliphatic hydroxyl groups is 1. The molecular formula is C28H39N3O6. The van der Waals surface area contributed by atoms with E-state index in [0.29, 0.717) is 18.5 Å². The molecule has 2 heterocycles. The maximum Gasteiger partial charge on any atom is 0.300 e. The fraction of sp³-hybridized carbons (Fsp3) is 0.464. The smallest absolute Gasteiger partial charge is 0.300 e. The number of carbonyl (C=O) groups excluding carboxylic acids is 1. The average Bonchev–Trinajstić information content (AvgIpc) is 2.86. The third-order valence-electron chi connectivity index (χ3n) is 6.30. The Bertz CT molecular complexity index is 973. The minimum absolute atomic E-state index is 0.140. The van der Waals surface area contributed by atoms with E-state index in [9.17, 15) is 9.90 Å². The highest BCUT2D eigenvalue weighted by atomic mass is 16.4. The van der Waals surface area contributed by atoms with Gasteiger partial charge in [-0.25, -0.2) is 0 Å². The van der Waals surface area contributed by atoms with Gasteiger partial charge in [-0.05, 0) is 62.2 Å². The summed E-state index contributed by atoms with van der Waals surface area (Å²) in [5.41, 5.74) is 2.05. The predicted molar refractivity (Wildman–Crippen MR) is 141 cm³/mol. The van der Waals surface area contributed by atoms with E-state index in [4.69, 9.17) is 19.8 Å². The summed E-state index contributed by atoms with van der Waals surface area (Å²) in [7, 11) is 0. The van der Waals surface area contributed by atoms with Crippen molar-refractivity contribution in [2.24, 2.45) is 0 Å². The summed E-state index contributed by atoms with van der Waals surface area (Å²) < 4.78 is 0. The number of carboxylic acid groups (broad SMARTS) is 2. The van der Waals surface area contributed by atoms with E-state index in [-0.39, 0.29) is 5.91 Å². The first-order chi connectivity index (χ1) is 17.6. The summed E-state index contributed by atoms with van der Waals surface area (Å²) in [5, 5.41) is 32.0. The quantitative estimate of drug-likeness (QED) is 0.411. The lowest BCUT2D eigenvalue weighted by atomic mass is 9.79. The van der Waals surface area contributed by atoms with Gasteiger partial charge in [-0.2, -0.15) is 0 Å². The number of nitrogens with zero attached hydrogens (tertiary/aromatic N) is 1. The normalized spacial score (nSPS) is 21.3. The second-order valence-corrected chi connectivity index (χ2v) is 9.33. The molecule has 0 aromatic heterocycles. The van der Waals surface area contributed by atoms with E-state index in [1.165, 1.54) is 24.8 Å². The predicted octanol–water partition coefficient (Wildman–Crippen LogP) is 2.83. The molecule has 2 aliphatic rings. The van der Waals surface area contributed by atoms with E-state index in [0.717, 1.165) is 45.6 Å². The van der Waals surface area contributed by atoms with Crippen molar-refractivity contribution in [1.82, 2.24) is 15.5 Å². The molecule has 9 nitrogen and oxygen atoms in total. The number of hydrogen-bond donors (Lipinski definition) is 5. The van der Waals surface area contributed by atoms with Crippen molar-refractivity contribution in [2.45, 2.75) is 57.7 Å². The van der Waals surface area contributed by atoms with E-state index >= 15 is 0 Å². The van der Waals surface area contributed by atoms with Gasteiger partial charge in [-0.3, -0.25) is 19.3 Å². The van der Waals surface area contributed by atoms with Crippen LogP contribution in [0.4, 0.5) is 0 Å². The Morgan fingerprint density at radius 2 is 1.51 bits per heavy atom. The van der Waals surface area contributed by atoms with E-state index in [1.807, 2.05) is 42.5 Å². The number of β-amino-alcohol motifs (C(OH)–C–C–N with tert-alkyl or cyclic N) is 1. The van der Waals surface area contributed by atoms with Gasteiger partial charge in [0.25, 0.3) is 17.8 Å². The monoisotopic (exact) mass is 513 g/mol. The molecule has 0 radical (unpaired) electrons. The Hall–Kier alpha value is -3.27. The molecule has 2 fully saturated rings. The molecular weight excluding hydrogens is 474 g/mol. The first kappa shape index (κ1) is 30.0. The minimum atomic E-state index is -0.833. The van der Waals surface area contributed by atoms with Crippen molar-refractivity contribution in [3.63, 3.8) is 0 Å². The van der Waals surface area contributed by atoms with Crippen LogP contribution in [-0.2, 0) is 21.7 Å². The number of carboxylic acids is 2. The molecule has 0 saturated carbocycles. The molecule has 2 atom stereocenters. The summed E-state index contributed by atoms with van der Waals surface area (Å²) >= 11 is 0. The highest BCUT2D eigenvalue weighted by Gasteiger charge is 2.42. The molecule has 1 amide bonds. The molecule has 5 N–H and O–H groups in total. The summed E-state index contributed by atoms with van der Waals surface area (Å²) in [5.74, 6) is -1.81. The third-order valence-corrected chi connectivity index (χ3v) is 6.30. The largest absolute Gasteiger partial charge is 0.481 e. The van der Waals surface area contributed by atoms with Crippen LogP contribution in [0, 0.1) is 0 Å². The van der Waals surface area contributed by atoms with Gasteiger partial charge in [0.1, 0.15) is 0 Å². The highest BCUT2D eigenvalue weighted by Crippen LogP contribution is 2.31. The fourth-order valence-corrected chi connectivity index (χ4v) is 4.57. The maximum absolute atomic E-state index is 13.1. The van der Waals surface area contributed by atoms with Gasteiger partial charge in [0, 0.05) is 32.5 Å². The Balaban J connectivity index is 0.000000530. The number of likely N-dealkylation sites (tertiary alicyclic amines) is 1. The summed E-state index contributed by atoms with van der Waals surface area (Å²) in [6, 6.07) is 17.7. The van der Waals surface area contributed by atoms with Gasteiger partial charge in [-0.1, -0.05) is 48.9 Å². The van der Waals surface area contributed by atoms with Crippen LogP contribution in [0.1, 0.15) is 61.0 Å². The Labute approximate surface area is 218 Å². The number of amides is 1. The molecule has 0 spiro atoms. The Morgan fingerprint density at radius 1 is 0.946 bits per heavy atom. The molecule has 2 aromatic rings. The lowest BCUT2D eigenvalue weighted by Gasteiger charge is -2.43. The zero-order valence-electron chi connectivity index (χ0n) is 21.7. The van der Waals surface area contributed by atoms with E-state index < -0.39 is 23.6 Å². The van der Waals surface area contributed by atoms with Gasteiger partial charge >= 0.3 is 0 Å². The van der Waals surface area contributed by atoms with Gasteiger partial charge in [-0.15, -0.1) is 0 Å². The van der Waals surface area contributed by atoms with Crippen LogP contribution in [0.25, 0.3) is 0 Å². The molecule has 37 heavy (non-hydrogen) atoms. The number of aliphatic hydroxyl groups excluding tert-OH is 1. The standard InChI is InChI=1S/C24H31N3O2.2C2H4O2/c28-22-17-25-14-13-24(22,21-7-3-1-4-8-21)26-23(29)20-11-9-19(10-12-20)18-27-15-5-2-6-16-27;2*1-2(3)4/h1,3-4,7-12,22,25,28H,2,5-6,13-18H2,(H,26,29);2*1H3,(H,3,4)/t22-,24-;;/m1../s1. The molecule has 2 saturated heterocycles. The lowest BCUT2D eigenvalue weighted by molar-refractivity contribution is -0.135. The number of aliphatic carboxylic acids is 2. The second-order valence-electron chi connectivity index (χ2n) is 9.33. The molecule has 0 aliphatic carbocycles. The van der Waals surface area contributed by atoms with Gasteiger partial charge in [0.15, 0.2) is 0 Å². The van der Waals surface area contributed by atoms with Crippen LogP contribution >= 0.6 is 0 Å². The van der Waals surface area contributed by atoms with Crippen molar-refractivity contribution in [3.8, 4) is 0 Å². The molecule has 0 bridgehead atoms. The maximum atomic E-state index is 13.1. The number of benzene rings is 2. The Kier molecular flexibility index (Phi) is 12.2. The zero-order valence-corrected chi connectivity index (χ0v) is 21.7. The SMILES string of the molecule is CC(=O)O.CC(=O)O.O=C(N[C@@]1(c2ccccc2)CCNC[C@H]1O)c1ccc(CN2CCCCC2)cc1. The molecule has 202 valence electrons. The van der Waals surface area contributed by atoms with Crippen molar-refractivity contribution in [1.29, 1.82) is 0 Å². The van der Waals surface area contributed by atoms with Crippen LogP contribution in [0.3, 0.4) is 0 Å². The minimum Gasteiger partial charge on any atom is -0.481 e. The van der Waals surface area contributed by atoms with Crippen LogP contribution in [0.15, 0.2) is 54.6 Å². The molecule has 9 heteroatoms. The lowest BCUT2D eigenvalue weighted by Crippen LogP contribution is -2.61. The number of piperidine rings is 2. The number of carbonyl (C=O) groups is 3. The van der Waals surface area contributed by atoms with Crippen molar-refractivity contribution in [2.75, 3.05) is 26.2 Å². The highest BCUT2D eigenvalue weighted by molar-refractivity contribution is 5.95. The van der Waals surface area contributed by atoms with Crippen molar-refractivity contribution < 1.29 is 29.7 Å². The fourth-order valence-electron chi connectivity index (χ4n) is 4.57. The summed E-state index contributed by atoms with van der Waals surface area (Å²) in [4.78, 5) is 33.6. The summed E-state index contributed by atoms with van der Waals surface area (Å²) in [6.07, 6.45) is 3.86. The zero-order chi connectivity index (χ0) is 27.3. The molecule has 0 unspecified atom stereocenters. The first-order valence-electron chi connectivity index (χ1n) is 12.6.